The molecule has 2 aliphatic carbocycles. The molecule has 2 N–H and O–H groups in total. The molecule has 11 heteroatoms. The van der Waals surface area contributed by atoms with E-state index in [1.165, 1.54) is 38.5 Å². The Balaban J connectivity index is 1.37. The second-order valence-corrected chi connectivity index (χ2v) is 18.9. The number of unbranched alkanes of at least 4 members (excludes halogenated alkanes) is 10. The van der Waals surface area contributed by atoms with Gasteiger partial charge in [-0.05, 0) is 91.0 Å². The first kappa shape index (κ1) is 50.8. The number of hydrogen-bond donors (Lipinski definition) is 2. The molecule has 1 amide bonds. The molecular formula is C57H76N2O9. The van der Waals surface area contributed by atoms with E-state index in [1.54, 1.807) is 12.2 Å². The summed E-state index contributed by atoms with van der Waals surface area (Å²) in [6, 6.07) is 21.3. The van der Waals surface area contributed by atoms with Crippen molar-refractivity contribution in [3.8, 4) is 23.0 Å². The number of amides is 1. The Bertz CT molecular complexity index is 2140. The van der Waals surface area contributed by atoms with Crippen LogP contribution in [0.4, 0.5) is 0 Å². The van der Waals surface area contributed by atoms with Crippen molar-refractivity contribution in [1.82, 2.24) is 4.90 Å². The van der Waals surface area contributed by atoms with Crippen molar-refractivity contribution in [2.75, 3.05) is 33.2 Å². The molecule has 0 aromatic heterocycles. The number of carbonyl (C=O) groups excluding carboxylic acids is 1. The van der Waals surface area contributed by atoms with Gasteiger partial charge >= 0.3 is 0 Å². The number of fused-ring (bicyclic) bond motifs is 3. The van der Waals surface area contributed by atoms with Crippen molar-refractivity contribution in [3.05, 3.63) is 120 Å². The molecule has 0 spiro atoms. The zero-order valence-corrected chi connectivity index (χ0v) is 40.5. The average molecular weight is 933 g/mol. The summed E-state index contributed by atoms with van der Waals surface area (Å²) in [6.07, 6.45) is 21.6. The minimum absolute atomic E-state index is 0.0190. The Labute approximate surface area is 405 Å². The van der Waals surface area contributed by atoms with E-state index in [0.29, 0.717) is 55.3 Å². The van der Waals surface area contributed by atoms with Crippen LogP contribution in [0.3, 0.4) is 0 Å². The summed E-state index contributed by atoms with van der Waals surface area (Å²) in [5, 5.41) is 25.1. The number of oxime groups is 1. The van der Waals surface area contributed by atoms with Crippen molar-refractivity contribution in [3.63, 3.8) is 0 Å². The highest BCUT2D eigenvalue weighted by Crippen LogP contribution is 2.62. The number of allylic oxidation sites excluding steroid dienone is 1. The fourth-order valence-electron chi connectivity index (χ4n) is 11.0. The van der Waals surface area contributed by atoms with Gasteiger partial charge in [0.05, 0.1) is 18.2 Å². The zero-order chi connectivity index (χ0) is 47.6. The molecule has 7 rings (SSSR count). The van der Waals surface area contributed by atoms with E-state index in [2.05, 4.69) is 32.2 Å². The maximum absolute atomic E-state index is 15.3. The predicted octanol–water partition coefficient (Wildman–Crippen LogP) is 11.8. The Morgan fingerprint density at radius 3 is 2.28 bits per heavy atom. The number of aliphatic hydroxyl groups excluding tert-OH is 2. The van der Waals surface area contributed by atoms with Crippen molar-refractivity contribution in [1.29, 1.82) is 0 Å². The highest BCUT2D eigenvalue weighted by molar-refractivity contribution is 6.03. The Morgan fingerprint density at radius 2 is 1.53 bits per heavy atom. The van der Waals surface area contributed by atoms with Crippen LogP contribution in [0.5, 0.6) is 23.0 Å². The van der Waals surface area contributed by atoms with Gasteiger partial charge in [-0.3, -0.25) is 4.79 Å². The molecule has 0 saturated heterocycles. The minimum Gasteiger partial charge on any atom is -0.490 e. The molecule has 4 aliphatic rings. The molecule has 1 fully saturated rings. The minimum atomic E-state index is -1.38. The maximum Gasteiger partial charge on any atom is 0.239 e. The largest absolute Gasteiger partial charge is 0.490 e. The van der Waals surface area contributed by atoms with E-state index in [-0.39, 0.29) is 63.4 Å². The SMILES string of the molecule is C=CCOc1ccc2c(c1)C1C(CCCCO)C(CCCCO)C=C3C(=NOCc4ccccc4)CC(N(Cc4ccc5c(c4)OCO5)C(=O)CCCCCCCCCCC)C(OCC=C)(O2)C31. The Kier molecular flexibility index (Phi) is 19.4. The van der Waals surface area contributed by atoms with Gasteiger partial charge in [0.1, 0.15) is 30.8 Å². The van der Waals surface area contributed by atoms with Crippen LogP contribution >= 0.6 is 0 Å². The van der Waals surface area contributed by atoms with Gasteiger partial charge in [-0.1, -0.05) is 137 Å². The average Bonchev–Trinajstić information content (AvgIpc) is 3.84. The van der Waals surface area contributed by atoms with Gasteiger partial charge < -0.3 is 43.6 Å². The molecule has 2 heterocycles. The molecule has 68 heavy (non-hydrogen) atoms. The van der Waals surface area contributed by atoms with Crippen molar-refractivity contribution >= 4 is 11.6 Å². The summed E-state index contributed by atoms with van der Waals surface area (Å²) in [7, 11) is 0. The molecule has 11 nitrogen and oxygen atoms in total. The normalized spacial score (nSPS) is 22.7. The maximum atomic E-state index is 15.3. The first-order valence-electron chi connectivity index (χ1n) is 25.6. The van der Waals surface area contributed by atoms with Gasteiger partial charge in [-0.2, -0.15) is 0 Å². The lowest BCUT2D eigenvalue weighted by atomic mass is 9.55. The van der Waals surface area contributed by atoms with Gasteiger partial charge in [0, 0.05) is 44.1 Å². The van der Waals surface area contributed by atoms with E-state index in [0.717, 1.165) is 72.9 Å². The number of ether oxygens (including phenoxy) is 5. The molecular weight excluding hydrogens is 857 g/mol. The summed E-state index contributed by atoms with van der Waals surface area (Å²) in [6.45, 7) is 11.7. The molecule has 6 unspecified atom stereocenters. The summed E-state index contributed by atoms with van der Waals surface area (Å²) < 4.78 is 32.6. The Hall–Kier alpha value is -5.10. The van der Waals surface area contributed by atoms with Gasteiger partial charge in [-0.25, -0.2) is 0 Å². The van der Waals surface area contributed by atoms with Crippen molar-refractivity contribution in [2.24, 2.45) is 22.9 Å². The summed E-state index contributed by atoms with van der Waals surface area (Å²) in [4.78, 5) is 23.7. The van der Waals surface area contributed by atoms with Crippen LogP contribution < -0.4 is 18.9 Å². The Morgan fingerprint density at radius 1 is 0.809 bits per heavy atom. The lowest BCUT2D eigenvalue weighted by Gasteiger charge is -2.60. The van der Waals surface area contributed by atoms with Gasteiger partial charge in [0.15, 0.2) is 11.5 Å². The summed E-state index contributed by atoms with van der Waals surface area (Å²) in [5.41, 5.74) is 4.66. The van der Waals surface area contributed by atoms with E-state index in [4.69, 9.17) is 33.7 Å². The van der Waals surface area contributed by atoms with Gasteiger partial charge in [-0.15, -0.1) is 6.58 Å². The predicted molar refractivity (Wildman–Crippen MR) is 267 cm³/mol. The molecule has 368 valence electrons. The first-order valence-corrected chi connectivity index (χ1v) is 25.6. The second-order valence-electron chi connectivity index (χ2n) is 18.9. The molecule has 0 bridgehead atoms. The highest BCUT2D eigenvalue weighted by atomic mass is 16.7. The van der Waals surface area contributed by atoms with E-state index >= 15 is 4.79 Å². The number of benzene rings is 3. The molecule has 3 aromatic carbocycles. The fraction of sp³-hybridized carbons (Fsp3) is 0.544. The van der Waals surface area contributed by atoms with Gasteiger partial charge in [0.2, 0.25) is 18.5 Å². The lowest BCUT2D eigenvalue weighted by Crippen LogP contribution is -2.70. The quantitative estimate of drug-likeness (QED) is 0.0381. The first-order chi connectivity index (χ1) is 33.4. The molecule has 3 aromatic rings. The number of rotatable bonds is 30. The van der Waals surface area contributed by atoms with Crippen LogP contribution in [0.1, 0.15) is 139 Å². The van der Waals surface area contributed by atoms with Crippen LogP contribution in [-0.4, -0.2) is 71.8 Å². The molecule has 6 atom stereocenters. The third kappa shape index (κ3) is 12.6. The monoisotopic (exact) mass is 933 g/mol. The highest BCUT2D eigenvalue weighted by Gasteiger charge is 2.65. The smallest absolute Gasteiger partial charge is 0.239 e. The van der Waals surface area contributed by atoms with E-state index in [9.17, 15) is 10.2 Å². The third-order valence-corrected chi connectivity index (χ3v) is 14.2. The van der Waals surface area contributed by atoms with Crippen LogP contribution in [0.25, 0.3) is 0 Å². The van der Waals surface area contributed by atoms with Crippen LogP contribution in [0.2, 0.25) is 0 Å². The van der Waals surface area contributed by atoms with Crippen LogP contribution in [0.15, 0.2) is 109 Å². The van der Waals surface area contributed by atoms with E-state index < -0.39 is 17.7 Å². The standard InChI is InChI=1S/C57H76N2O9/c1-4-7-8-9-10-11-12-13-17-26-54(62)59(39-43-27-29-51-52(35-43)65-41-64-51)53-38-49(58-67-40-42-22-15-14-16-23-42)47-36-44(24-18-20-31-60)46(25-19-21-32-61)55-48-37-45(63-33-5-2)28-30-50(48)68-57(53,56(47)55)66-34-6-3/h5-6,14-16,22-23,27-30,35-37,44,46,53,55-56,60-61H,2-4,7-13,17-21,24-26,31-34,38-41H2,1H3. The van der Waals surface area contributed by atoms with Crippen molar-refractivity contribution in [2.45, 2.75) is 147 Å². The topological polar surface area (TPSA) is 129 Å². The number of carbonyl (C=O) groups is 1. The van der Waals surface area contributed by atoms with E-state index in [1.807, 2.05) is 65.6 Å². The lowest BCUT2D eigenvalue weighted by molar-refractivity contribution is -0.258. The number of hydrogen-bond acceptors (Lipinski definition) is 10. The third-order valence-electron chi connectivity index (χ3n) is 14.2. The summed E-state index contributed by atoms with van der Waals surface area (Å²) in [5.74, 6) is 0.949. The molecule has 1 saturated carbocycles. The number of aliphatic hydroxyl groups is 2. The van der Waals surface area contributed by atoms with Crippen LogP contribution in [0, 0.1) is 17.8 Å². The zero-order valence-electron chi connectivity index (χ0n) is 40.5. The number of nitrogens with zero attached hydrogens (tertiary/aromatic N) is 2. The van der Waals surface area contributed by atoms with Crippen LogP contribution in [-0.2, 0) is 27.5 Å². The van der Waals surface area contributed by atoms with Gasteiger partial charge in [0.25, 0.3) is 0 Å². The second kappa shape index (κ2) is 26.0. The molecule has 0 radical (unpaired) electrons. The fourth-order valence-corrected chi connectivity index (χ4v) is 11.0. The summed E-state index contributed by atoms with van der Waals surface area (Å²) >= 11 is 0. The molecule has 2 aliphatic heterocycles. The van der Waals surface area contributed by atoms with Crippen molar-refractivity contribution < 1.29 is 43.5 Å².